The summed E-state index contributed by atoms with van der Waals surface area (Å²) >= 11 is 3.01. The molecular formula is C8H7BrF3NO. The van der Waals surface area contributed by atoms with Gasteiger partial charge in [0, 0.05) is 4.47 Å². The van der Waals surface area contributed by atoms with Crippen molar-refractivity contribution in [2.45, 2.75) is 19.2 Å². The van der Waals surface area contributed by atoms with Gasteiger partial charge < -0.3 is 5.11 Å². The van der Waals surface area contributed by atoms with E-state index in [0.717, 1.165) is 6.07 Å². The summed E-state index contributed by atoms with van der Waals surface area (Å²) in [6.07, 6.45) is -5.52. The molecule has 0 bridgehead atoms. The maximum atomic E-state index is 12.2. The molecule has 0 fully saturated rings. The topological polar surface area (TPSA) is 33.1 Å². The molecule has 0 saturated heterocycles. The fourth-order valence-electron chi connectivity index (χ4n) is 0.909. The van der Waals surface area contributed by atoms with Gasteiger partial charge in [0.2, 0.25) is 0 Å². The molecule has 1 atom stereocenters. The van der Waals surface area contributed by atoms with Crippen molar-refractivity contribution in [3.05, 3.63) is 28.0 Å². The second kappa shape index (κ2) is 3.86. The van der Waals surface area contributed by atoms with Gasteiger partial charge in [-0.25, -0.2) is 4.98 Å². The lowest BCUT2D eigenvalue weighted by atomic mass is 10.2. The maximum Gasteiger partial charge on any atom is 0.433 e. The fourth-order valence-corrected chi connectivity index (χ4v) is 1.46. The van der Waals surface area contributed by atoms with Crippen molar-refractivity contribution in [1.29, 1.82) is 0 Å². The molecule has 1 rings (SSSR count). The highest BCUT2D eigenvalue weighted by Crippen LogP contribution is 2.30. The van der Waals surface area contributed by atoms with Crippen LogP contribution in [0.1, 0.15) is 24.4 Å². The van der Waals surface area contributed by atoms with Crippen LogP contribution in [0.4, 0.5) is 13.2 Å². The molecule has 1 N–H and O–H groups in total. The number of alkyl halides is 3. The van der Waals surface area contributed by atoms with Gasteiger partial charge in [0.05, 0.1) is 11.8 Å². The normalized spacial score (nSPS) is 14.1. The number of nitrogens with zero attached hydrogens (tertiary/aromatic N) is 1. The first-order valence-electron chi connectivity index (χ1n) is 3.74. The first-order valence-corrected chi connectivity index (χ1v) is 4.53. The number of pyridine rings is 1. The van der Waals surface area contributed by atoms with Crippen LogP contribution >= 0.6 is 15.9 Å². The molecule has 14 heavy (non-hydrogen) atoms. The van der Waals surface area contributed by atoms with E-state index in [4.69, 9.17) is 5.11 Å². The highest BCUT2D eigenvalue weighted by atomic mass is 79.9. The van der Waals surface area contributed by atoms with Gasteiger partial charge in [0.25, 0.3) is 0 Å². The standard InChI is InChI=1S/C8H7BrF3NO/c1-4(14)7-5(9)2-3-6(13-7)8(10,11)12/h2-4,14H,1H3. The summed E-state index contributed by atoms with van der Waals surface area (Å²) in [6.45, 7) is 1.35. The van der Waals surface area contributed by atoms with Crippen LogP contribution < -0.4 is 0 Å². The van der Waals surface area contributed by atoms with Crippen molar-refractivity contribution in [3.8, 4) is 0 Å². The van der Waals surface area contributed by atoms with Gasteiger partial charge in [-0.2, -0.15) is 13.2 Å². The summed E-state index contributed by atoms with van der Waals surface area (Å²) in [4.78, 5) is 3.32. The molecule has 0 aliphatic rings. The van der Waals surface area contributed by atoms with Gasteiger partial charge in [-0.1, -0.05) is 0 Å². The van der Waals surface area contributed by atoms with Crippen LogP contribution in [0.15, 0.2) is 16.6 Å². The van der Waals surface area contributed by atoms with E-state index in [0.29, 0.717) is 4.47 Å². The monoisotopic (exact) mass is 269 g/mol. The molecule has 1 aromatic rings. The van der Waals surface area contributed by atoms with E-state index in [1.54, 1.807) is 0 Å². The number of halogens is 4. The molecule has 2 nitrogen and oxygen atoms in total. The number of hydrogen-bond donors (Lipinski definition) is 1. The molecular weight excluding hydrogens is 263 g/mol. The van der Waals surface area contributed by atoms with Crippen molar-refractivity contribution in [1.82, 2.24) is 4.98 Å². The van der Waals surface area contributed by atoms with Crippen molar-refractivity contribution < 1.29 is 18.3 Å². The Balaban J connectivity index is 3.20. The summed E-state index contributed by atoms with van der Waals surface area (Å²) in [5, 5.41) is 9.13. The largest absolute Gasteiger partial charge is 0.433 e. The maximum absolute atomic E-state index is 12.2. The molecule has 78 valence electrons. The Kier molecular flexibility index (Phi) is 3.16. The predicted molar refractivity (Wildman–Crippen MR) is 47.6 cm³/mol. The van der Waals surface area contributed by atoms with E-state index in [-0.39, 0.29) is 5.69 Å². The van der Waals surface area contributed by atoms with Gasteiger partial charge >= 0.3 is 6.18 Å². The van der Waals surface area contributed by atoms with Crippen molar-refractivity contribution in [2.24, 2.45) is 0 Å². The van der Waals surface area contributed by atoms with E-state index in [2.05, 4.69) is 20.9 Å². The van der Waals surface area contributed by atoms with Crippen molar-refractivity contribution in [3.63, 3.8) is 0 Å². The number of aliphatic hydroxyl groups excluding tert-OH is 1. The Labute approximate surface area is 86.9 Å². The van der Waals surface area contributed by atoms with Gasteiger partial charge in [-0.3, -0.25) is 0 Å². The average molecular weight is 270 g/mol. The lowest BCUT2D eigenvalue weighted by Crippen LogP contribution is -2.10. The highest BCUT2D eigenvalue weighted by molar-refractivity contribution is 9.10. The minimum absolute atomic E-state index is 0.0141. The minimum Gasteiger partial charge on any atom is -0.387 e. The van der Waals surface area contributed by atoms with Gasteiger partial charge in [0.1, 0.15) is 5.69 Å². The molecule has 1 heterocycles. The second-order valence-electron chi connectivity index (χ2n) is 2.74. The van der Waals surface area contributed by atoms with Gasteiger partial charge in [-0.15, -0.1) is 0 Å². The van der Waals surface area contributed by atoms with Crippen LogP contribution in [0.2, 0.25) is 0 Å². The van der Waals surface area contributed by atoms with Crippen LogP contribution in [-0.2, 0) is 6.18 Å². The molecule has 6 heteroatoms. The Morgan fingerprint density at radius 1 is 1.43 bits per heavy atom. The fraction of sp³-hybridized carbons (Fsp3) is 0.375. The zero-order chi connectivity index (χ0) is 10.9. The summed E-state index contributed by atoms with van der Waals surface area (Å²) in [5.41, 5.74) is -1.02. The zero-order valence-corrected chi connectivity index (χ0v) is 8.72. The van der Waals surface area contributed by atoms with E-state index < -0.39 is 18.0 Å². The summed E-state index contributed by atoms with van der Waals surface area (Å²) < 4.78 is 37.0. The zero-order valence-electron chi connectivity index (χ0n) is 7.14. The summed E-state index contributed by atoms with van der Waals surface area (Å²) in [7, 11) is 0. The Morgan fingerprint density at radius 3 is 2.43 bits per heavy atom. The smallest absolute Gasteiger partial charge is 0.387 e. The number of rotatable bonds is 1. The van der Waals surface area contributed by atoms with Crippen molar-refractivity contribution >= 4 is 15.9 Å². The number of aliphatic hydroxyl groups is 1. The van der Waals surface area contributed by atoms with Crippen LogP contribution in [0.5, 0.6) is 0 Å². The first-order chi connectivity index (χ1) is 6.32. The third kappa shape index (κ3) is 2.45. The van der Waals surface area contributed by atoms with E-state index in [1.807, 2.05) is 0 Å². The molecule has 0 spiro atoms. The first kappa shape index (κ1) is 11.5. The highest BCUT2D eigenvalue weighted by Gasteiger charge is 2.33. The number of aromatic nitrogens is 1. The summed E-state index contributed by atoms with van der Waals surface area (Å²) in [6, 6.07) is 2.08. The van der Waals surface area contributed by atoms with Crippen LogP contribution in [0, 0.1) is 0 Å². The SMILES string of the molecule is CC(O)c1nc(C(F)(F)F)ccc1Br. The van der Waals surface area contributed by atoms with Gasteiger partial charge in [0.15, 0.2) is 0 Å². The van der Waals surface area contributed by atoms with E-state index >= 15 is 0 Å². The quantitative estimate of drug-likeness (QED) is 0.851. The van der Waals surface area contributed by atoms with Crippen LogP contribution in [0.25, 0.3) is 0 Å². The Morgan fingerprint density at radius 2 is 2.00 bits per heavy atom. The van der Waals surface area contributed by atoms with Crippen LogP contribution in [0.3, 0.4) is 0 Å². The molecule has 0 aliphatic carbocycles. The van der Waals surface area contributed by atoms with E-state index in [1.165, 1.54) is 13.0 Å². The number of hydrogen-bond acceptors (Lipinski definition) is 2. The lowest BCUT2D eigenvalue weighted by molar-refractivity contribution is -0.141. The predicted octanol–water partition coefficient (Wildman–Crippen LogP) is 2.92. The van der Waals surface area contributed by atoms with E-state index in [9.17, 15) is 13.2 Å². The second-order valence-corrected chi connectivity index (χ2v) is 3.59. The molecule has 0 radical (unpaired) electrons. The Bertz CT molecular complexity index is 338. The lowest BCUT2D eigenvalue weighted by Gasteiger charge is -2.10. The molecule has 0 saturated carbocycles. The minimum atomic E-state index is -4.48. The third-order valence-corrected chi connectivity index (χ3v) is 2.23. The van der Waals surface area contributed by atoms with Crippen LogP contribution in [-0.4, -0.2) is 10.1 Å². The Hall–Kier alpha value is -0.620. The molecule has 1 aromatic heterocycles. The molecule has 1 unspecified atom stereocenters. The molecule has 0 aromatic carbocycles. The average Bonchev–Trinajstić information content (AvgIpc) is 2.02. The van der Waals surface area contributed by atoms with Gasteiger partial charge in [-0.05, 0) is 35.0 Å². The van der Waals surface area contributed by atoms with Crippen molar-refractivity contribution in [2.75, 3.05) is 0 Å². The molecule has 0 aliphatic heterocycles. The molecule has 0 amide bonds. The third-order valence-electron chi connectivity index (χ3n) is 1.56. The summed E-state index contributed by atoms with van der Waals surface area (Å²) in [5.74, 6) is 0.